The molecule has 1 aromatic carbocycles. The lowest BCUT2D eigenvalue weighted by molar-refractivity contribution is -0.385. The van der Waals surface area contributed by atoms with Gasteiger partial charge in [0.2, 0.25) is 0 Å². The third kappa shape index (κ3) is 2.02. The fraction of sp³-hybridized carbons (Fsp3) is 0.462. The summed E-state index contributed by atoms with van der Waals surface area (Å²) in [7, 11) is 0. The Morgan fingerprint density at radius 1 is 1.50 bits per heavy atom. The third-order valence-corrected chi connectivity index (χ3v) is 3.51. The van der Waals surface area contributed by atoms with Crippen LogP contribution in [0.4, 0.5) is 11.4 Å². The Morgan fingerprint density at radius 2 is 2.22 bits per heavy atom. The van der Waals surface area contributed by atoms with Crippen molar-refractivity contribution in [3.63, 3.8) is 0 Å². The molecule has 0 unspecified atom stereocenters. The van der Waals surface area contributed by atoms with Gasteiger partial charge in [0.05, 0.1) is 4.92 Å². The lowest BCUT2D eigenvalue weighted by Crippen LogP contribution is -2.38. The summed E-state index contributed by atoms with van der Waals surface area (Å²) in [5.41, 5.74) is 0.932. The first kappa shape index (κ1) is 12.4. The summed E-state index contributed by atoms with van der Waals surface area (Å²) in [6.45, 7) is 5.22. The molecular formula is C13H15N3O2. The summed E-state index contributed by atoms with van der Waals surface area (Å²) in [5, 5.41) is 19.8. The third-order valence-electron chi connectivity index (χ3n) is 3.51. The number of nitro groups is 1. The van der Waals surface area contributed by atoms with Crippen LogP contribution < -0.4 is 4.90 Å². The molecule has 18 heavy (non-hydrogen) atoms. The number of nitriles is 1. The van der Waals surface area contributed by atoms with E-state index in [1.807, 2.05) is 6.07 Å². The van der Waals surface area contributed by atoms with E-state index < -0.39 is 4.92 Å². The Bertz CT molecular complexity index is 532. The molecule has 5 heteroatoms. The first-order valence-corrected chi connectivity index (χ1v) is 5.92. The minimum absolute atomic E-state index is 0.0445. The van der Waals surface area contributed by atoms with Crippen molar-refractivity contribution in [3.8, 4) is 6.07 Å². The molecule has 1 aliphatic heterocycles. The van der Waals surface area contributed by atoms with Gasteiger partial charge in [-0.2, -0.15) is 5.26 Å². The number of hydrogen-bond acceptors (Lipinski definition) is 4. The van der Waals surface area contributed by atoms with Gasteiger partial charge in [0.1, 0.15) is 11.6 Å². The first-order chi connectivity index (χ1) is 8.45. The Kier molecular flexibility index (Phi) is 2.95. The number of rotatable bonds is 2. The van der Waals surface area contributed by atoms with Crippen molar-refractivity contribution in [2.45, 2.75) is 32.2 Å². The summed E-state index contributed by atoms with van der Waals surface area (Å²) < 4.78 is 0. The maximum Gasteiger partial charge on any atom is 0.287 e. The summed E-state index contributed by atoms with van der Waals surface area (Å²) in [5.74, 6) is 0. The molecule has 1 aromatic rings. The minimum atomic E-state index is -0.516. The van der Waals surface area contributed by atoms with Crippen LogP contribution in [0.5, 0.6) is 0 Å². The topological polar surface area (TPSA) is 70.2 Å². The van der Waals surface area contributed by atoms with Crippen molar-refractivity contribution in [3.05, 3.63) is 33.9 Å². The largest absolute Gasteiger partial charge is 0.366 e. The summed E-state index contributed by atoms with van der Waals surface area (Å²) in [6, 6.07) is 6.66. The zero-order valence-corrected chi connectivity index (χ0v) is 10.5. The second kappa shape index (κ2) is 4.30. The van der Waals surface area contributed by atoms with E-state index in [1.54, 1.807) is 12.1 Å². The highest BCUT2D eigenvalue weighted by Gasteiger charge is 2.32. The second-order valence-electron chi connectivity index (χ2n) is 5.14. The van der Waals surface area contributed by atoms with E-state index >= 15 is 0 Å². The highest BCUT2D eigenvalue weighted by atomic mass is 16.6. The Labute approximate surface area is 106 Å². The molecule has 1 fully saturated rings. The van der Waals surface area contributed by atoms with Crippen LogP contribution in [0.3, 0.4) is 0 Å². The number of hydrogen-bond donors (Lipinski definition) is 0. The van der Waals surface area contributed by atoms with Gasteiger partial charge in [-0.3, -0.25) is 10.1 Å². The molecule has 5 nitrogen and oxygen atoms in total. The molecule has 1 aliphatic rings. The first-order valence-electron chi connectivity index (χ1n) is 5.92. The summed E-state index contributed by atoms with van der Waals surface area (Å²) >= 11 is 0. The molecule has 1 heterocycles. The molecule has 1 saturated heterocycles. The zero-order valence-electron chi connectivity index (χ0n) is 10.5. The Balaban J connectivity index is 2.43. The quantitative estimate of drug-likeness (QED) is 0.593. The van der Waals surface area contributed by atoms with Crippen molar-refractivity contribution in [2.75, 3.05) is 11.4 Å². The average molecular weight is 245 g/mol. The Morgan fingerprint density at radius 3 is 2.72 bits per heavy atom. The van der Waals surface area contributed by atoms with E-state index in [0.717, 1.165) is 25.1 Å². The summed E-state index contributed by atoms with van der Waals surface area (Å²) in [4.78, 5) is 12.5. The van der Waals surface area contributed by atoms with Crippen molar-refractivity contribution in [1.82, 2.24) is 0 Å². The van der Waals surface area contributed by atoms with Crippen LogP contribution >= 0.6 is 0 Å². The predicted molar refractivity (Wildman–Crippen MR) is 68.5 cm³/mol. The molecule has 0 aliphatic carbocycles. The van der Waals surface area contributed by atoms with Crippen LogP contribution in [0.2, 0.25) is 0 Å². The van der Waals surface area contributed by atoms with Crippen molar-refractivity contribution in [2.24, 2.45) is 0 Å². The molecule has 0 atom stereocenters. The number of benzene rings is 1. The highest BCUT2D eigenvalue weighted by Crippen LogP contribution is 2.35. The lowest BCUT2D eigenvalue weighted by atomic mass is 10.0. The molecule has 0 saturated carbocycles. The van der Waals surface area contributed by atoms with E-state index in [1.165, 1.54) is 6.07 Å². The molecule has 0 N–H and O–H groups in total. The predicted octanol–water partition coefficient (Wildman–Crippen LogP) is 2.85. The molecule has 0 aromatic heterocycles. The van der Waals surface area contributed by atoms with Crippen LogP contribution in [0, 0.1) is 21.4 Å². The fourth-order valence-corrected chi connectivity index (χ4v) is 2.53. The van der Waals surface area contributed by atoms with E-state index in [9.17, 15) is 10.1 Å². The van der Waals surface area contributed by atoms with Gasteiger partial charge in [0.15, 0.2) is 0 Å². The normalized spacial score (nSPS) is 17.5. The number of anilines is 1. The van der Waals surface area contributed by atoms with Gasteiger partial charge in [-0.1, -0.05) is 0 Å². The van der Waals surface area contributed by atoms with Crippen molar-refractivity contribution >= 4 is 11.4 Å². The monoisotopic (exact) mass is 245 g/mol. The van der Waals surface area contributed by atoms with Gasteiger partial charge >= 0.3 is 0 Å². The smallest absolute Gasteiger partial charge is 0.287 e. The molecule has 0 amide bonds. The van der Waals surface area contributed by atoms with Gasteiger partial charge in [-0.25, -0.2) is 0 Å². The van der Waals surface area contributed by atoms with Crippen LogP contribution in [0.1, 0.15) is 32.3 Å². The minimum Gasteiger partial charge on any atom is -0.366 e. The van der Waals surface area contributed by atoms with Gasteiger partial charge < -0.3 is 4.90 Å². The van der Waals surface area contributed by atoms with E-state index in [0.29, 0.717) is 0 Å². The van der Waals surface area contributed by atoms with Crippen molar-refractivity contribution < 1.29 is 4.92 Å². The van der Waals surface area contributed by atoms with Crippen LogP contribution in [0.15, 0.2) is 18.2 Å². The fourth-order valence-electron chi connectivity index (χ4n) is 2.53. The van der Waals surface area contributed by atoms with Gasteiger partial charge in [-0.05, 0) is 38.8 Å². The lowest BCUT2D eigenvalue weighted by Gasteiger charge is -2.33. The standard InChI is InChI=1S/C13H15N3O2/c1-13(2)6-3-7-15(13)11-4-5-12(16(17)18)10(8-11)9-14/h4-5,8H,3,6-7H2,1-2H3. The van der Waals surface area contributed by atoms with Gasteiger partial charge in [-0.15, -0.1) is 0 Å². The van der Waals surface area contributed by atoms with E-state index in [4.69, 9.17) is 5.26 Å². The van der Waals surface area contributed by atoms with E-state index in [2.05, 4.69) is 18.7 Å². The maximum absolute atomic E-state index is 10.8. The second-order valence-corrected chi connectivity index (χ2v) is 5.14. The van der Waals surface area contributed by atoms with Crippen molar-refractivity contribution in [1.29, 1.82) is 5.26 Å². The van der Waals surface area contributed by atoms with Gasteiger partial charge in [0.25, 0.3) is 5.69 Å². The molecule has 0 bridgehead atoms. The zero-order chi connectivity index (χ0) is 13.3. The molecule has 94 valence electrons. The molecule has 0 radical (unpaired) electrons. The maximum atomic E-state index is 10.8. The van der Waals surface area contributed by atoms with Crippen LogP contribution in [0.25, 0.3) is 0 Å². The Hall–Kier alpha value is -2.09. The van der Waals surface area contributed by atoms with Crippen LogP contribution in [-0.4, -0.2) is 17.0 Å². The number of nitrogens with zero attached hydrogens (tertiary/aromatic N) is 3. The average Bonchev–Trinajstić information content (AvgIpc) is 2.68. The molecule has 0 spiro atoms. The number of nitro benzene ring substituents is 1. The summed E-state index contributed by atoms with van der Waals surface area (Å²) in [6.07, 6.45) is 2.19. The van der Waals surface area contributed by atoms with E-state index in [-0.39, 0.29) is 16.8 Å². The highest BCUT2D eigenvalue weighted by molar-refractivity contribution is 5.61. The van der Waals surface area contributed by atoms with Crippen LogP contribution in [-0.2, 0) is 0 Å². The SMILES string of the molecule is CC1(C)CCCN1c1ccc([N+](=O)[O-])c(C#N)c1. The van der Waals surface area contributed by atoms with Gasteiger partial charge in [0, 0.05) is 23.8 Å². The molecule has 2 rings (SSSR count). The molecular weight excluding hydrogens is 230 g/mol.